The predicted molar refractivity (Wildman–Crippen MR) is 130 cm³/mol. The molecule has 1 atom stereocenters. The molecule has 0 saturated heterocycles. The Kier molecular flexibility index (Phi) is 7.20. The minimum absolute atomic E-state index is 0.0368. The van der Waals surface area contributed by atoms with E-state index < -0.39 is 0 Å². The van der Waals surface area contributed by atoms with E-state index in [1.54, 1.807) is 12.3 Å². The molecule has 1 N–H and O–H groups in total. The Morgan fingerprint density at radius 1 is 1.00 bits per heavy atom. The summed E-state index contributed by atoms with van der Waals surface area (Å²) < 4.78 is 11.5. The zero-order valence-corrected chi connectivity index (χ0v) is 19.0. The first-order valence-corrected chi connectivity index (χ1v) is 11.3. The monoisotopic (exact) mass is 440 g/mol. The van der Waals surface area contributed by atoms with Gasteiger partial charge in [-0.3, -0.25) is 4.79 Å². The molecule has 5 nitrogen and oxygen atoms in total. The summed E-state index contributed by atoms with van der Waals surface area (Å²) in [5.41, 5.74) is 3.38. The fourth-order valence-electron chi connectivity index (χ4n) is 3.68. The molecule has 1 aromatic heterocycles. The molecule has 0 saturated carbocycles. The molecule has 4 rings (SSSR count). The minimum Gasteiger partial charge on any atom is -0.494 e. The number of hydrogen-bond acceptors (Lipinski definition) is 4. The van der Waals surface area contributed by atoms with E-state index in [0.717, 1.165) is 24.2 Å². The molecular formula is C28H28N2O3. The highest BCUT2D eigenvalue weighted by Crippen LogP contribution is 2.29. The second-order valence-corrected chi connectivity index (χ2v) is 7.93. The van der Waals surface area contributed by atoms with Crippen LogP contribution in [0.25, 0.3) is 22.8 Å². The molecule has 5 heteroatoms. The maximum absolute atomic E-state index is 13.0. The lowest BCUT2D eigenvalue weighted by Gasteiger charge is -2.15. The van der Waals surface area contributed by atoms with E-state index in [1.807, 2.05) is 74.5 Å². The highest BCUT2D eigenvalue weighted by Gasteiger charge is 2.18. The van der Waals surface area contributed by atoms with Gasteiger partial charge in [0.2, 0.25) is 5.89 Å². The summed E-state index contributed by atoms with van der Waals surface area (Å²) in [6.45, 7) is 4.60. The fraction of sp³-hybridized carbons (Fsp3) is 0.214. The smallest absolute Gasteiger partial charge is 0.252 e. The summed E-state index contributed by atoms with van der Waals surface area (Å²) in [6.07, 6.45) is 3.45. The summed E-state index contributed by atoms with van der Waals surface area (Å²) in [5, 5.41) is 3.11. The predicted octanol–water partition coefficient (Wildman–Crippen LogP) is 6.16. The summed E-state index contributed by atoms with van der Waals surface area (Å²) >= 11 is 0. The normalized spacial score (nSPS) is 11.7. The largest absolute Gasteiger partial charge is 0.494 e. The van der Waals surface area contributed by atoms with Gasteiger partial charge in [0.05, 0.1) is 18.4 Å². The van der Waals surface area contributed by atoms with Gasteiger partial charge in [-0.2, -0.15) is 0 Å². The number of aromatic nitrogens is 1. The fourth-order valence-corrected chi connectivity index (χ4v) is 3.68. The van der Waals surface area contributed by atoms with E-state index in [4.69, 9.17) is 9.15 Å². The van der Waals surface area contributed by atoms with Crippen molar-refractivity contribution in [3.63, 3.8) is 0 Å². The maximum Gasteiger partial charge on any atom is 0.252 e. The third-order valence-corrected chi connectivity index (χ3v) is 5.44. The lowest BCUT2D eigenvalue weighted by atomic mass is 10.0. The van der Waals surface area contributed by atoms with Crippen LogP contribution in [0.5, 0.6) is 5.75 Å². The van der Waals surface area contributed by atoms with E-state index in [1.165, 1.54) is 5.56 Å². The molecule has 33 heavy (non-hydrogen) atoms. The van der Waals surface area contributed by atoms with Crippen molar-refractivity contribution < 1.29 is 13.9 Å². The lowest BCUT2D eigenvalue weighted by molar-refractivity contribution is 0.0939. The number of rotatable bonds is 9. The van der Waals surface area contributed by atoms with Gasteiger partial charge in [-0.05, 0) is 68.7 Å². The summed E-state index contributed by atoms with van der Waals surface area (Å²) in [4.78, 5) is 17.5. The summed E-state index contributed by atoms with van der Waals surface area (Å²) in [6, 6.07) is 25.4. The standard InChI is InChI=1S/C28H28N2O3/c1-3-32-23-17-15-22(16-18-23)26-19-29-28(33-26)25-12-8-7-11-24(25)27(31)30-20(2)13-14-21-9-5-4-6-10-21/h4-12,15-20H,3,13-14H2,1-2H3,(H,30,31). The zero-order chi connectivity index (χ0) is 23.0. The van der Waals surface area contributed by atoms with Gasteiger partial charge in [0, 0.05) is 17.2 Å². The minimum atomic E-state index is -0.132. The summed E-state index contributed by atoms with van der Waals surface area (Å²) in [5.74, 6) is 1.73. The van der Waals surface area contributed by atoms with Gasteiger partial charge in [-0.25, -0.2) is 4.98 Å². The molecular weight excluding hydrogens is 412 g/mol. The van der Waals surface area contributed by atoms with Crippen molar-refractivity contribution >= 4 is 5.91 Å². The lowest BCUT2D eigenvalue weighted by Crippen LogP contribution is -2.33. The van der Waals surface area contributed by atoms with Gasteiger partial charge in [0.15, 0.2) is 5.76 Å². The molecule has 4 aromatic rings. The molecule has 0 fully saturated rings. The number of carbonyl (C=O) groups is 1. The Labute approximate surface area is 194 Å². The van der Waals surface area contributed by atoms with E-state index in [2.05, 4.69) is 22.4 Å². The molecule has 0 aliphatic heterocycles. The van der Waals surface area contributed by atoms with Crippen LogP contribution in [0.4, 0.5) is 0 Å². The summed E-state index contributed by atoms with van der Waals surface area (Å²) in [7, 11) is 0. The molecule has 0 aliphatic rings. The van der Waals surface area contributed by atoms with E-state index in [0.29, 0.717) is 29.4 Å². The van der Waals surface area contributed by atoms with Gasteiger partial charge in [-0.15, -0.1) is 0 Å². The highest BCUT2D eigenvalue weighted by atomic mass is 16.5. The zero-order valence-electron chi connectivity index (χ0n) is 19.0. The number of aryl methyl sites for hydroxylation is 1. The average Bonchev–Trinajstić information content (AvgIpc) is 3.34. The topological polar surface area (TPSA) is 64.4 Å². The van der Waals surface area contributed by atoms with Crippen LogP contribution in [0, 0.1) is 0 Å². The van der Waals surface area contributed by atoms with Crippen LogP contribution in [0.1, 0.15) is 36.2 Å². The Balaban J connectivity index is 1.46. The van der Waals surface area contributed by atoms with E-state index in [9.17, 15) is 4.79 Å². The van der Waals surface area contributed by atoms with Crippen LogP contribution in [0.15, 0.2) is 89.5 Å². The first-order valence-electron chi connectivity index (χ1n) is 11.3. The molecule has 1 amide bonds. The van der Waals surface area contributed by atoms with Crippen molar-refractivity contribution in [2.45, 2.75) is 32.7 Å². The van der Waals surface area contributed by atoms with Gasteiger partial charge in [0.25, 0.3) is 5.91 Å². The van der Waals surface area contributed by atoms with Gasteiger partial charge < -0.3 is 14.5 Å². The number of nitrogens with zero attached hydrogens (tertiary/aromatic N) is 1. The highest BCUT2D eigenvalue weighted by molar-refractivity contribution is 6.00. The molecule has 168 valence electrons. The van der Waals surface area contributed by atoms with Crippen molar-refractivity contribution in [1.29, 1.82) is 0 Å². The van der Waals surface area contributed by atoms with Gasteiger partial charge in [-0.1, -0.05) is 42.5 Å². The van der Waals surface area contributed by atoms with E-state index >= 15 is 0 Å². The van der Waals surface area contributed by atoms with Crippen LogP contribution < -0.4 is 10.1 Å². The van der Waals surface area contributed by atoms with Gasteiger partial charge in [0.1, 0.15) is 5.75 Å². The number of hydrogen-bond donors (Lipinski definition) is 1. The Bertz CT molecular complexity index is 1180. The molecule has 0 radical (unpaired) electrons. The number of carbonyl (C=O) groups excluding carboxylic acids is 1. The molecule has 1 heterocycles. The number of nitrogens with one attached hydrogen (secondary N) is 1. The number of ether oxygens (including phenoxy) is 1. The molecule has 1 unspecified atom stereocenters. The third-order valence-electron chi connectivity index (χ3n) is 5.44. The SMILES string of the molecule is CCOc1ccc(-c2cnc(-c3ccccc3C(=O)NC(C)CCc3ccccc3)o2)cc1. The molecule has 0 aliphatic carbocycles. The molecule has 3 aromatic carbocycles. The van der Waals surface area contributed by atoms with Crippen LogP contribution in [0.3, 0.4) is 0 Å². The van der Waals surface area contributed by atoms with Gasteiger partial charge >= 0.3 is 0 Å². The second kappa shape index (κ2) is 10.6. The van der Waals surface area contributed by atoms with Crippen molar-refractivity contribution in [2.75, 3.05) is 6.61 Å². The number of oxazole rings is 1. The van der Waals surface area contributed by atoms with Crippen LogP contribution >= 0.6 is 0 Å². The average molecular weight is 441 g/mol. The maximum atomic E-state index is 13.0. The first kappa shape index (κ1) is 22.3. The van der Waals surface area contributed by atoms with Crippen molar-refractivity contribution in [3.8, 4) is 28.5 Å². The van der Waals surface area contributed by atoms with Crippen molar-refractivity contribution in [2.24, 2.45) is 0 Å². The Morgan fingerprint density at radius 3 is 2.48 bits per heavy atom. The van der Waals surface area contributed by atoms with Crippen molar-refractivity contribution in [1.82, 2.24) is 10.3 Å². The van der Waals surface area contributed by atoms with Crippen LogP contribution in [0.2, 0.25) is 0 Å². The van der Waals surface area contributed by atoms with Crippen LogP contribution in [-0.2, 0) is 6.42 Å². The first-order chi connectivity index (χ1) is 16.1. The quantitative estimate of drug-likeness (QED) is 0.339. The Morgan fingerprint density at radius 2 is 1.73 bits per heavy atom. The number of benzene rings is 3. The second-order valence-electron chi connectivity index (χ2n) is 7.93. The Hall–Kier alpha value is -3.86. The van der Waals surface area contributed by atoms with Crippen LogP contribution in [-0.4, -0.2) is 23.5 Å². The molecule has 0 spiro atoms. The molecule has 0 bridgehead atoms. The number of amides is 1. The van der Waals surface area contributed by atoms with Crippen molar-refractivity contribution in [3.05, 3.63) is 96.2 Å². The third kappa shape index (κ3) is 5.69. The van der Waals surface area contributed by atoms with E-state index in [-0.39, 0.29) is 11.9 Å².